The molecular formula is C23H33N3O5S. The molecule has 0 spiro atoms. The molecule has 1 unspecified atom stereocenters. The van der Waals surface area contributed by atoms with E-state index in [1.807, 2.05) is 11.9 Å². The summed E-state index contributed by atoms with van der Waals surface area (Å²) in [6.45, 7) is 3.98. The normalized spacial score (nSPS) is 23.2. The lowest BCUT2D eigenvalue weighted by Crippen LogP contribution is -2.46. The Morgan fingerprint density at radius 3 is 2.44 bits per heavy atom. The Bertz CT molecular complexity index is 995. The fourth-order valence-electron chi connectivity index (χ4n) is 5.04. The van der Waals surface area contributed by atoms with Crippen LogP contribution in [0.4, 0.5) is 5.69 Å². The number of carbonyl (C=O) groups excluding carboxylic acids is 2. The van der Waals surface area contributed by atoms with Crippen molar-refractivity contribution in [1.82, 2.24) is 9.21 Å². The number of nitrogens with one attached hydrogen (secondary N) is 1. The molecule has 2 heterocycles. The van der Waals surface area contributed by atoms with Gasteiger partial charge in [-0.15, -0.1) is 0 Å². The van der Waals surface area contributed by atoms with Crippen molar-refractivity contribution >= 4 is 27.5 Å². The van der Waals surface area contributed by atoms with E-state index in [-0.39, 0.29) is 22.6 Å². The van der Waals surface area contributed by atoms with Crippen molar-refractivity contribution in [2.75, 3.05) is 25.5 Å². The van der Waals surface area contributed by atoms with E-state index in [1.165, 1.54) is 29.6 Å². The van der Waals surface area contributed by atoms with Gasteiger partial charge in [-0.1, -0.05) is 19.3 Å². The number of anilines is 1. The highest BCUT2D eigenvalue weighted by Crippen LogP contribution is 2.36. The van der Waals surface area contributed by atoms with E-state index in [0.29, 0.717) is 49.0 Å². The number of benzene rings is 1. The summed E-state index contributed by atoms with van der Waals surface area (Å²) in [6, 6.07) is 3.46. The molecule has 0 aromatic heterocycles. The third-order valence-electron chi connectivity index (χ3n) is 7.10. The number of ether oxygens (including phenoxy) is 1. The third-order valence-corrected chi connectivity index (χ3v) is 9.14. The van der Waals surface area contributed by atoms with Gasteiger partial charge in [-0.05, 0) is 51.2 Å². The molecule has 3 aliphatic rings. The van der Waals surface area contributed by atoms with Crippen molar-refractivity contribution in [3.63, 3.8) is 0 Å². The van der Waals surface area contributed by atoms with Crippen LogP contribution in [0, 0.1) is 12.8 Å². The SMILES string of the molecule is Cc1cc2c(cc1S(=O)(=O)N1CCC(C(=O)N(C)C3CCCCC3)CC1)OC(C)C(=O)N2. The molecule has 2 aliphatic heterocycles. The van der Waals surface area contributed by atoms with Gasteiger partial charge >= 0.3 is 0 Å². The molecule has 1 N–H and O–H groups in total. The maximum Gasteiger partial charge on any atom is 0.265 e. The van der Waals surface area contributed by atoms with Crippen LogP contribution in [-0.2, 0) is 19.6 Å². The Kier molecular flexibility index (Phi) is 6.49. The second-order valence-electron chi connectivity index (χ2n) is 9.28. The molecule has 1 aliphatic carbocycles. The summed E-state index contributed by atoms with van der Waals surface area (Å²) in [5.41, 5.74) is 1.04. The van der Waals surface area contributed by atoms with E-state index >= 15 is 0 Å². The van der Waals surface area contributed by atoms with Crippen molar-refractivity contribution in [1.29, 1.82) is 0 Å². The summed E-state index contributed by atoms with van der Waals surface area (Å²) in [5, 5.41) is 2.75. The molecule has 1 aromatic carbocycles. The molecule has 2 fully saturated rings. The van der Waals surface area contributed by atoms with Crippen LogP contribution in [-0.4, -0.2) is 61.7 Å². The van der Waals surface area contributed by atoms with Crippen LogP contribution in [0.5, 0.6) is 5.75 Å². The molecule has 1 saturated heterocycles. The van der Waals surface area contributed by atoms with Crippen LogP contribution in [0.3, 0.4) is 0 Å². The predicted molar refractivity (Wildman–Crippen MR) is 121 cm³/mol. The van der Waals surface area contributed by atoms with Gasteiger partial charge in [-0.3, -0.25) is 9.59 Å². The Labute approximate surface area is 190 Å². The number of fused-ring (bicyclic) bond motifs is 1. The Hall–Kier alpha value is -2.13. The molecule has 9 heteroatoms. The minimum absolute atomic E-state index is 0.127. The first kappa shape index (κ1) is 23.0. The van der Waals surface area contributed by atoms with Crippen molar-refractivity contribution in [3.05, 3.63) is 17.7 Å². The molecule has 32 heavy (non-hydrogen) atoms. The Morgan fingerprint density at radius 1 is 1.12 bits per heavy atom. The summed E-state index contributed by atoms with van der Waals surface area (Å²) in [5.74, 6) is 0.132. The van der Waals surface area contributed by atoms with E-state index in [0.717, 1.165) is 12.8 Å². The van der Waals surface area contributed by atoms with Crippen molar-refractivity contribution in [2.45, 2.75) is 75.8 Å². The standard InChI is InChI=1S/C23H33N3O5S/c1-15-13-19-20(31-16(2)22(27)24-19)14-21(15)32(29,30)26-11-9-17(10-12-26)23(28)25(3)18-7-5-4-6-8-18/h13-14,16-18H,4-12H2,1-3H3,(H,24,27). The zero-order chi connectivity index (χ0) is 23.0. The van der Waals surface area contributed by atoms with Crippen LogP contribution in [0.2, 0.25) is 0 Å². The van der Waals surface area contributed by atoms with Crippen LogP contribution in [0.1, 0.15) is 57.4 Å². The number of sulfonamides is 1. The van der Waals surface area contributed by atoms with E-state index < -0.39 is 16.1 Å². The van der Waals surface area contributed by atoms with E-state index in [1.54, 1.807) is 19.9 Å². The maximum absolute atomic E-state index is 13.4. The monoisotopic (exact) mass is 463 g/mol. The van der Waals surface area contributed by atoms with Gasteiger partial charge in [0, 0.05) is 38.2 Å². The molecule has 1 atom stereocenters. The number of rotatable bonds is 4. The fraction of sp³-hybridized carbons (Fsp3) is 0.652. The smallest absolute Gasteiger partial charge is 0.265 e. The largest absolute Gasteiger partial charge is 0.479 e. The van der Waals surface area contributed by atoms with Gasteiger partial charge in [-0.2, -0.15) is 4.31 Å². The lowest BCUT2D eigenvalue weighted by atomic mass is 9.91. The van der Waals surface area contributed by atoms with Gasteiger partial charge in [0.15, 0.2) is 6.10 Å². The van der Waals surface area contributed by atoms with Crippen LogP contribution in [0.15, 0.2) is 17.0 Å². The first-order chi connectivity index (χ1) is 15.2. The highest BCUT2D eigenvalue weighted by atomic mass is 32.2. The van der Waals surface area contributed by atoms with Crippen LogP contribution >= 0.6 is 0 Å². The quantitative estimate of drug-likeness (QED) is 0.741. The summed E-state index contributed by atoms with van der Waals surface area (Å²) in [7, 11) is -1.83. The van der Waals surface area contributed by atoms with E-state index in [9.17, 15) is 18.0 Å². The van der Waals surface area contributed by atoms with Gasteiger partial charge in [0.05, 0.1) is 10.6 Å². The predicted octanol–water partition coefficient (Wildman–Crippen LogP) is 2.91. The van der Waals surface area contributed by atoms with Crippen molar-refractivity contribution < 1.29 is 22.7 Å². The number of hydrogen-bond donors (Lipinski definition) is 1. The number of aryl methyl sites for hydroxylation is 1. The first-order valence-corrected chi connectivity index (χ1v) is 13.0. The summed E-state index contributed by atoms with van der Waals surface area (Å²) < 4.78 is 33.8. The van der Waals surface area contributed by atoms with Gasteiger partial charge < -0.3 is 15.0 Å². The summed E-state index contributed by atoms with van der Waals surface area (Å²) in [6.07, 6.45) is 6.10. The number of hydrogen-bond acceptors (Lipinski definition) is 5. The van der Waals surface area contributed by atoms with Gasteiger partial charge in [0.2, 0.25) is 15.9 Å². The first-order valence-electron chi connectivity index (χ1n) is 11.6. The average Bonchev–Trinajstić information content (AvgIpc) is 2.79. The minimum atomic E-state index is -3.73. The van der Waals surface area contributed by atoms with E-state index in [4.69, 9.17) is 4.74 Å². The highest BCUT2D eigenvalue weighted by molar-refractivity contribution is 7.89. The second kappa shape index (κ2) is 9.02. The van der Waals surface area contributed by atoms with Crippen LogP contribution in [0.25, 0.3) is 0 Å². The molecule has 0 bridgehead atoms. The molecule has 1 aromatic rings. The molecule has 2 amide bonds. The zero-order valence-electron chi connectivity index (χ0n) is 19.1. The van der Waals surface area contributed by atoms with Gasteiger partial charge in [-0.25, -0.2) is 8.42 Å². The van der Waals surface area contributed by atoms with Gasteiger partial charge in [0.25, 0.3) is 5.91 Å². The number of nitrogens with zero attached hydrogens (tertiary/aromatic N) is 2. The minimum Gasteiger partial charge on any atom is -0.479 e. The van der Waals surface area contributed by atoms with Crippen LogP contribution < -0.4 is 10.1 Å². The second-order valence-corrected chi connectivity index (χ2v) is 11.2. The molecule has 0 radical (unpaired) electrons. The average molecular weight is 464 g/mol. The van der Waals surface area contributed by atoms with Crippen molar-refractivity contribution in [2.24, 2.45) is 5.92 Å². The molecule has 4 rings (SSSR count). The topological polar surface area (TPSA) is 96.0 Å². The Morgan fingerprint density at radius 2 is 1.78 bits per heavy atom. The number of amides is 2. The lowest BCUT2D eigenvalue weighted by molar-refractivity contribution is -0.138. The number of carbonyl (C=O) groups is 2. The highest BCUT2D eigenvalue weighted by Gasteiger charge is 2.36. The molecule has 1 saturated carbocycles. The molecule has 8 nitrogen and oxygen atoms in total. The Balaban J connectivity index is 1.45. The zero-order valence-corrected chi connectivity index (χ0v) is 19.9. The summed E-state index contributed by atoms with van der Waals surface area (Å²) >= 11 is 0. The van der Waals surface area contributed by atoms with E-state index in [2.05, 4.69) is 5.32 Å². The summed E-state index contributed by atoms with van der Waals surface area (Å²) in [4.78, 5) is 26.9. The van der Waals surface area contributed by atoms with Gasteiger partial charge in [0.1, 0.15) is 5.75 Å². The fourth-order valence-corrected chi connectivity index (χ4v) is 6.73. The lowest BCUT2D eigenvalue weighted by Gasteiger charge is -2.37. The maximum atomic E-state index is 13.4. The number of piperidine rings is 1. The molecule has 176 valence electrons. The third kappa shape index (κ3) is 4.37. The van der Waals surface area contributed by atoms with Crippen molar-refractivity contribution in [3.8, 4) is 5.75 Å². The molecular weight excluding hydrogens is 430 g/mol.